The maximum Gasteiger partial charge on any atom is 0.235 e. The van der Waals surface area contributed by atoms with Gasteiger partial charge in [-0.1, -0.05) is 11.6 Å². The van der Waals surface area contributed by atoms with Gasteiger partial charge in [-0.2, -0.15) is 0 Å². The molecule has 3 aliphatic carbocycles. The first-order valence-electron chi connectivity index (χ1n) is 13.3. The van der Waals surface area contributed by atoms with Crippen molar-refractivity contribution in [2.45, 2.75) is 69.8 Å². The van der Waals surface area contributed by atoms with Gasteiger partial charge in [-0.05, 0) is 76.7 Å². The number of hydrogen-bond donors (Lipinski definition) is 3. The number of amides is 1. The fraction of sp³-hybridized carbons (Fsp3) is 0.607. The highest BCUT2D eigenvalue weighted by atomic mass is 35.5. The number of aliphatic hydroxyl groups is 1. The van der Waals surface area contributed by atoms with Gasteiger partial charge >= 0.3 is 0 Å². The molecule has 2 unspecified atom stereocenters. The van der Waals surface area contributed by atoms with E-state index in [0.717, 1.165) is 12.8 Å². The molecule has 1 saturated heterocycles. The minimum atomic E-state index is -2.74. The van der Waals surface area contributed by atoms with Crippen LogP contribution < -0.4 is 5.73 Å². The molecule has 1 aromatic carbocycles. The van der Waals surface area contributed by atoms with Crippen molar-refractivity contribution >= 4 is 40.6 Å². The Bertz CT molecular complexity index is 1300. The molecule has 1 aromatic rings. The molecule has 8 atom stereocenters. The second-order valence-corrected chi connectivity index (χ2v) is 12.3. The fourth-order valence-corrected chi connectivity index (χ4v) is 7.87. The van der Waals surface area contributed by atoms with Gasteiger partial charge in [0.25, 0.3) is 0 Å². The third kappa shape index (κ3) is 3.90. The van der Waals surface area contributed by atoms with E-state index in [1.165, 1.54) is 11.0 Å². The van der Waals surface area contributed by atoms with Crippen LogP contribution >= 0.6 is 11.6 Å². The predicted octanol–water partition coefficient (Wildman–Crippen LogP) is 0.893. The van der Waals surface area contributed by atoms with Gasteiger partial charge in [-0.3, -0.25) is 33.8 Å². The fourth-order valence-electron chi connectivity index (χ4n) is 7.58. The number of carbonyl (C=O) groups is 5. The number of rotatable bonds is 4. The van der Waals surface area contributed by atoms with Crippen LogP contribution in [0.25, 0.3) is 0 Å². The van der Waals surface area contributed by atoms with Gasteiger partial charge in [-0.15, -0.1) is 0 Å². The molecular weight excluding hydrogens is 526 g/mol. The first-order chi connectivity index (χ1) is 18.2. The molecule has 0 aromatic heterocycles. The van der Waals surface area contributed by atoms with Gasteiger partial charge in [0, 0.05) is 29.6 Å². The highest BCUT2D eigenvalue weighted by Crippen LogP contribution is 2.52. The van der Waals surface area contributed by atoms with E-state index in [1.54, 1.807) is 14.1 Å². The van der Waals surface area contributed by atoms with Crippen LogP contribution in [0.1, 0.15) is 54.6 Å². The molecule has 0 spiro atoms. The Labute approximate surface area is 231 Å². The number of nitrogens with two attached hydrogens (primary N) is 1. The number of aromatic hydroxyl groups is 1. The number of phenolic OH excluding ortho intramolecular Hbond substituents is 1. The normalized spacial score (nSPS) is 36.6. The third-order valence-electron chi connectivity index (χ3n) is 9.56. The molecule has 0 radical (unpaired) electrons. The zero-order chi connectivity index (χ0) is 28.7. The Hall–Kier alpha value is -2.66. The van der Waals surface area contributed by atoms with Crippen molar-refractivity contribution in [3.8, 4) is 5.75 Å². The first-order valence-corrected chi connectivity index (χ1v) is 13.7. The van der Waals surface area contributed by atoms with E-state index in [2.05, 4.69) is 18.7 Å². The molecule has 210 valence electrons. The number of primary amides is 1. The lowest BCUT2D eigenvalue weighted by Crippen LogP contribution is -2.74. The van der Waals surface area contributed by atoms with Crippen molar-refractivity contribution in [1.29, 1.82) is 0 Å². The Morgan fingerprint density at radius 3 is 2.33 bits per heavy atom. The summed E-state index contributed by atoms with van der Waals surface area (Å²) in [7, 11) is 3.10. The van der Waals surface area contributed by atoms with Crippen molar-refractivity contribution in [2.24, 2.45) is 29.4 Å². The van der Waals surface area contributed by atoms with Crippen molar-refractivity contribution in [3.63, 3.8) is 0 Å². The summed E-state index contributed by atoms with van der Waals surface area (Å²) in [5.74, 6) is -10.7. The van der Waals surface area contributed by atoms with E-state index >= 15 is 0 Å². The van der Waals surface area contributed by atoms with Crippen LogP contribution in [0.5, 0.6) is 5.75 Å². The standard InChI is InChI=1S/C28H34ClN3O7/c1-11-5-6-12(2)32(11)10-14-9-17(33)19-15(21(14)29)7-13-8-16-22(31(3)4)24(35)20(27(30)38)26(37)28(16,39)25(36)18(13)23(19)34/h9,11-13,16,18,20,22,33,39H,5-8,10H2,1-4H3,(H2,30,38)/t11-,12-,13-,16-,18?,20?,22-,28-/m0/s1. The van der Waals surface area contributed by atoms with Crippen LogP contribution in [0.2, 0.25) is 5.02 Å². The number of phenols is 1. The summed E-state index contributed by atoms with van der Waals surface area (Å²) in [5, 5.41) is 23.0. The Kier molecular flexibility index (Phi) is 6.77. The number of nitrogens with zero attached hydrogens (tertiary/aromatic N) is 2. The number of ketones is 4. The molecular formula is C28H34ClN3O7. The predicted molar refractivity (Wildman–Crippen MR) is 140 cm³/mol. The maximum absolute atomic E-state index is 13.9. The number of halogens is 1. The third-order valence-corrected chi connectivity index (χ3v) is 10.0. The summed E-state index contributed by atoms with van der Waals surface area (Å²) in [6, 6.07) is 0.988. The SMILES string of the molecule is C[C@H]1CC[C@H](C)N1Cc1cc(O)c2c(c1Cl)C[C@H]1C[C@H]3[C@H](N(C)C)C(=O)C(C(N)=O)C(=O)[C@@]3(O)C(=O)C1C2=O. The van der Waals surface area contributed by atoms with Gasteiger partial charge < -0.3 is 15.9 Å². The molecule has 4 N–H and O–H groups in total. The zero-order valence-corrected chi connectivity index (χ0v) is 23.2. The lowest BCUT2D eigenvalue weighted by atomic mass is 9.52. The quantitative estimate of drug-likeness (QED) is 0.455. The molecule has 10 nitrogen and oxygen atoms in total. The monoisotopic (exact) mass is 559 g/mol. The highest BCUT2D eigenvalue weighted by molar-refractivity contribution is 6.34. The summed E-state index contributed by atoms with van der Waals surface area (Å²) >= 11 is 6.86. The number of carbonyl (C=O) groups excluding carboxylic acids is 5. The van der Waals surface area contributed by atoms with Gasteiger partial charge in [0.15, 0.2) is 34.7 Å². The van der Waals surface area contributed by atoms with Crippen LogP contribution in [0.4, 0.5) is 0 Å². The Morgan fingerprint density at radius 2 is 1.77 bits per heavy atom. The maximum atomic E-state index is 13.9. The van der Waals surface area contributed by atoms with Crippen LogP contribution in [-0.2, 0) is 32.1 Å². The molecule has 1 aliphatic heterocycles. The minimum Gasteiger partial charge on any atom is -0.507 e. The van der Waals surface area contributed by atoms with Crippen LogP contribution in [0.3, 0.4) is 0 Å². The van der Waals surface area contributed by atoms with Crippen molar-refractivity contribution in [2.75, 3.05) is 14.1 Å². The molecule has 39 heavy (non-hydrogen) atoms. The van der Waals surface area contributed by atoms with E-state index in [4.69, 9.17) is 17.3 Å². The minimum absolute atomic E-state index is 0.00853. The molecule has 1 amide bonds. The smallest absolute Gasteiger partial charge is 0.235 e. The van der Waals surface area contributed by atoms with E-state index in [0.29, 0.717) is 34.8 Å². The largest absolute Gasteiger partial charge is 0.507 e. The van der Waals surface area contributed by atoms with E-state index in [1.807, 2.05) is 0 Å². The first kappa shape index (κ1) is 27.9. The summed E-state index contributed by atoms with van der Waals surface area (Å²) < 4.78 is 0. The Morgan fingerprint density at radius 1 is 1.15 bits per heavy atom. The number of likely N-dealkylation sites (tertiary alicyclic amines) is 1. The number of fused-ring (bicyclic) bond motifs is 3. The van der Waals surface area contributed by atoms with Crippen LogP contribution in [-0.4, -0.2) is 86.9 Å². The average molecular weight is 560 g/mol. The second kappa shape index (κ2) is 9.47. The molecule has 3 fully saturated rings. The summed E-state index contributed by atoms with van der Waals surface area (Å²) in [6.45, 7) is 4.76. The van der Waals surface area contributed by atoms with Crippen LogP contribution in [0, 0.1) is 23.7 Å². The van der Waals surface area contributed by atoms with Gasteiger partial charge in [0.05, 0.1) is 17.5 Å². The molecule has 2 saturated carbocycles. The molecule has 11 heteroatoms. The summed E-state index contributed by atoms with van der Waals surface area (Å²) in [4.78, 5) is 70.0. The number of hydrogen-bond acceptors (Lipinski definition) is 9. The molecule has 1 heterocycles. The average Bonchev–Trinajstić information content (AvgIpc) is 3.16. The van der Waals surface area contributed by atoms with Gasteiger partial charge in [-0.25, -0.2) is 0 Å². The summed E-state index contributed by atoms with van der Waals surface area (Å²) in [6.07, 6.45) is 2.24. The lowest BCUT2D eigenvalue weighted by Gasteiger charge is -2.52. The molecule has 0 bridgehead atoms. The zero-order valence-electron chi connectivity index (χ0n) is 22.4. The van der Waals surface area contributed by atoms with Crippen molar-refractivity contribution < 1.29 is 34.2 Å². The van der Waals surface area contributed by atoms with Crippen molar-refractivity contribution in [1.82, 2.24) is 9.80 Å². The Balaban J connectivity index is 1.58. The molecule has 5 rings (SSSR count). The lowest BCUT2D eigenvalue weighted by molar-refractivity contribution is -0.181. The second-order valence-electron chi connectivity index (χ2n) is 12.0. The van der Waals surface area contributed by atoms with Gasteiger partial charge in [0.1, 0.15) is 5.75 Å². The number of likely N-dealkylation sites (N-methyl/N-ethyl adjacent to an activating group) is 1. The van der Waals surface area contributed by atoms with E-state index < -0.39 is 64.4 Å². The van der Waals surface area contributed by atoms with Crippen LogP contribution in [0.15, 0.2) is 6.07 Å². The number of benzene rings is 1. The van der Waals surface area contributed by atoms with Crippen molar-refractivity contribution in [3.05, 3.63) is 27.8 Å². The molecule has 4 aliphatic rings. The summed E-state index contributed by atoms with van der Waals surface area (Å²) in [5.41, 5.74) is 3.63. The van der Waals surface area contributed by atoms with E-state index in [9.17, 15) is 34.2 Å². The topological polar surface area (TPSA) is 158 Å². The van der Waals surface area contributed by atoms with E-state index in [-0.39, 0.29) is 24.2 Å². The highest BCUT2D eigenvalue weighted by Gasteiger charge is 2.69. The van der Waals surface area contributed by atoms with Gasteiger partial charge in [0.2, 0.25) is 5.91 Å². The number of Topliss-reactive ketones (excluding diaryl/α,β-unsaturated/α-hetero) is 4.